The smallest absolute Gasteiger partial charge is 0.271 e. The van der Waals surface area contributed by atoms with Gasteiger partial charge in [0.2, 0.25) is 0 Å². The van der Waals surface area contributed by atoms with Crippen molar-refractivity contribution in [2.45, 2.75) is 13.3 Å². The first-order valence-electron chi connectivity index (χ1n) is 7.94. The summed E-state index contributed by atoms with van der Waals surface area (Å²) in [6.07, 6.45) is 0.512. The van der Waals surface area contributed by atoms with E-state index in [2.05, 4.69) is 21.7 Å². The second kappa shape index (κ2) is 8.55. The van der Waals surface area contributed by atoms with Crippen molar-refractivity contribution in [3.8, 4) is 11.8 Å². The Morgan fingerprint density at radius 3 is 2.72 bits per heavy atom. The number of carbonyl (C=O) groups excluding carboxylic acids is 2. The van der Waals surface area contributed by atoms with Crippen LogP contribution in [-0.4, -0.2) is 37.0 Å². The number of hydrogen-bond donors (Lipinski definition) is 3. The maximum Gasteiger partial charge on any atom is 0.271 e. The summed E-state index contributed by atoms with van der Waals surface area (Å²) in [4.78, 5) is 26.7. The second-order valence-corrected chi connectivity index (χ2v) is 5.23. The van der Waals surface area contributed by atoms with Crippen molar-refractivity contribution >= 4 is 11.8 Å². The van der Waals surface area contributed by atoms with Crippen molar-refractivity contribution in [3.63, 3.8) is 0 Å². The van der Waals surface area contributed by atoms with Crippen molar-refractivity contribution in [2.75, 3.05) is 20.2 Å². The third-order valence-electron chi connectivity index (χ3n) is 3.58. The van der Waals surface area contributed by atoms with Gasteiger partial charge in [-0.15, -0.1) is 0 Å². The minimum Gasteiger partial charge on any atom is -0.491 e. The van der Waals surface area contributed by atoms with Gasteiger partial charge in [-0.2, -0.15) is 5.26 Å². The molecule has 1 aromatic carbocycles. The predicted molar refractivity (Wildman–Crippen MR) is 92.5 cm³/mol. The van der Waals surface area contributed by atoms with Crippen LogP contribution in [0.4, 0.5) is 0 Å². The average Bonchev–Trinajstić information content (AvgIpc) is 3.06. The van der Waals surface area contributed by atoms with E-state index in [0.29, 0.717) is 24.3 Å². The number of rotatable bonds is 7. The summed E-state index contributed by atoms with van der Waals surface area (Å²) >= 11 is 0. The van der Waals surface area contributed by atoms with Crippen molar-refractivity contribution in [2.24, 2.45) is 0 Å². The summed E-state index contributed by atoms with van der Waals surface area (Å²) in [5.41, 5.74) is 1.91. The number of nitrogens with one attached hydrogen (secondary N) is 3. The summed E-state index contributed by atoms with van der Waals surface area (Å²) in [6, 6.07) is 10.9. The maximum atomic E-state index is 12.0. The average molecular weight is 340 g/mol. The molecule has 0 aliphatic heterocycles. The van der Waals surface area contributed by atoms with E-state index in [4.69, 9.17) is 10.00 Å². The van der Waals surface area contributed by atoms with Crippen molar-refractivity contribution in [3.05, 3.63) is 52.8 Å². The highest BCUT2D eigenvalue weighted by Gasteiger charge is 2.19. The Balaban J connectivity index is 2.13. The Hall–Kier alpha value is -3.27. The molecule has 0 saturated heterocycles. The lowest BCUT2D eigenvalue weighted by atomic mass is 10.1. The molecule has 7 nitrogen and oxygen atoms in total. The highest BCUT2D eigenvalue weighted by Crippen LogP contribution is 2.21. The van der Waals surface area contributed by atoms with Gasteiger partial charge >= 0.3 is 0 Å². The van der Waals surface area contributed by atoms with E-state index >= 15 is 0 Å². The molecule has 0 spiro atoms. The zero-order chi connectivity index (χ0) is 18.2. The summed E-state index contributed by atoms with van der Waals surface area (Å²) in [6.45, 7) is 2.56. The molecule has 130 valence electrons. The molecule has 0 aliphatic carbocycles. The lowest BCUT2D eigenvalue weighted by molar-refractivity contribution is 0.0951. The molecule has 2 aromatic rings. The zero-order valence-corrected chi connectivity index (χ0v) is 14.2. The molecule has 2 amide bonds. The van der Waals surface area contributed by atoms with E-state index in [1.807, 2.05) is 19.1 Å². The minimum atomic E-state index is -0.372. The molecule has 0 aliphatic rings. The summed E-state index contributed by atoms with van der Waals surface area (Å²) in [5.74, 6) is -0.379. The Morgan fingerprint density at radius 1 is 1.28 bits per heavy atom. The summed E-state index contributed by atoms with van der Waals surface area (Å²) in [5, 5.41) is 14.3. The lowest BCUT2D eigenvalue weighted by Gasteiger charge is -2.07. The molecule has 0 bridgehead atoms. The number of nitriles is 1. The van der Waals surface area contributed by atoms with E-state index in [0.717, 1.165) is 5.56 Å². The first-order chi connectivity index (χ1) is 12.1. The predicted octanol–water partition coefficient (Wildman–Crippen LogP) is 1.62. The molecule has 0 unspecified atom stereocenters. The molecule has 0 radical (unpaired) electrons. The number of carbonyl (C=O) groups is 2. The number of H-pyrrole nitrogens is 1. The van der Waals surface area contributed by atoms with Crippen molar-refractivity contribution in [1.82, 2.24) is 15.6 Å². The molecular weight excluding hydrogens is 320 g/mol. The van der Waals surface area contributed by atoms with E-state index in [1.165, 1.54) is 13.1 Å². The number of aromatic nitrogens is 1. The molecule has 25 heavy (non-hydrogen) atoms. The van der Waals surface area contributed by atoms with E-state index in [-0.39, 0.29) is 29.8 Å². The number of benzene rings is 1. The number of amides is 2. The quantitative estimate of drug-likeness (QED) is 0.712. The SMILES string of the molecule is CCNC(=O)c1cc(OCCc2ccccc2C#N)c(C(=O)NC)[nH]1. The van der Waals surface area contributed by atoms with Gasteiger partial charge in [-0.3, -0.25) is 9.59 Å². The zero-order valence-electron chi connectivity index (χ0n) is 14.2. The van der Waals surface area contributed by atoms with Gasteiger partial charge in [0, 0.05) is 26.1 Å². The van der Waals surface area contributed by atoms with Gasteiger partial charge in [0.1, 0.15) is 11.4 Å². The highest BCUT2D eigenvalue weighted by atomic mass is 16.5. The Kier molecular flexibility index (Phi) is 6.18. The van der Waals surface area contributed by atoms with Crippen LogP contribution < -0.4 is 15.4 Å². The highest BCUT2D eigenvalue weighted by molar-refractivity contribution is 5.99. The van der Waals surface area contributed by atoms with Crippen LogP contribution >= 0.6 is 0 Å². The first-order valence-corrected chi connectivity index (χ1v) is 7.94. The second-order valence-electron chi connectivity index (χ2n) is 5.23. The van der Waals surface area contributed by atoms with Crippen LogP contribution in [0.3, 0.4) is 0 Å². The Labute approximate surface area is 146 Å². The van der Waals surface area contributed by atoms with Crippen LogP contribution in [-0.2, 0) is 6.42 Å². The molecule has 0 saturated carbocycles. The number of aromatic amines is 1. The number of hydrogen-bond acceptors (Lipinski definition) is 4. The standard InChI is InChI=1S/C18H20N4O3/c1-3-21-17(23)14-10-15(16(22-14)18(24)20-2)25-9-8-12-6-4-5-7-13(12)11-19/h4-7,10,22H,3,8-9H2,1-2H3,(H,20,24)(H,21,23). The maximum absolute atomic E-state index is 12.0. The van der Waals surface area contributed by atoms with Gasteiger partial charge in [-0.05, 0) is 18.6 Å². The normalized spacial score (nSPS) is 9.96. The fraction of sp³-hybridized carbons (Fsp3) is 0.278. The van der Waals surface area contributed by atoms with Gasteiger partial charge < -0.3 is 20.4 Å². The summed E-state index contributed by atoms with van der Waals surface area (Å²) in [7, 11) is 1.50. The van der Waals surface area contributed by atoms with Crippen molar-refractivity contribution < 1.29 is 14.3 Å². The van der Waals surface area contributed by atoms with Gasteiger partial charge in [0.05, 0.1) is 18.2 Å². The van der Waals surface area contributed by atoms with E-state index < -0.39 is 0 Å². The van der Waals surface area contributed by atoms with Crippen LogP contribution in [0.2, 0.25) is 0 Å². The monoisotopic (exact) mass is 340 g/mol. The number of nitrogens with zero attached hydrogens (tertiary/aromatic N) is 1. The number of ether oxygens (including phenoxy) is 1. The van der Waals surface area contributed by atoms with Crippen molar-refractivity contribution in [1.29, 1.82) is 5.26 Å². The fourth-order valence-corrected chi connectivity index (χ4v) is 2.34. The lowest BCUT2D eigenvalue weighted by Crippen LogP contribution is -2.23. The topological polar surface area (TPSA) is 107 Å². The summed E-state index contributed by atoms with van der Waals surface area (Å²) < 4.78 is 5.69. The van der Waals surface area contributed by atoms with Crippen LogP contribution in [0.1, 0.15) is 39.0 Å². The third kappa shape index (κ3) is 4.38. The molecule has 0 atom stereocenters. The van der Waals surface area contributed by atoms with Gasteiger partial charge in [0.15, 0.2) is 5.75 Å². The largest absolute Gasteiger partial charge is 0.491 e. The Morgan fingerprint density at radius 2 is 2.04 bits per heavy atom. The van der Waals surface area contributed by atoms with Crippen LogP contribution in [0.5, 0.6) is 5.75 Å². The van der Waals surface area contributed by atoms with Gasteiger partial charge in [-0.1, -0.05) is 18.2 Å². The molecule has 2 rings (SSSR count). The molecule has 1 aromatic heterocycles. The molecule has 7 heteroatoms. The Bertz CT molecular complexity index is 805. The first kappa shape index (κ1) is 18.1. The minimum absolute atomic E-state index is 0.192. The molecule has 0 fully saturated rings. The van der Waals surface area contributed by atoms with Gasteiger partial charge in [-0.25, -0.2) is 0 Å². The van der Waals surface area contributed by atoms with E-state index in [1.54, 1.807) is 12.1 Å². The molecular formula is C18H20N4O3. The van der Waals surface area contributed by atoms with Crippen LogP contribution in [0, 0.1) is 11.3 Å². The van der Waals surface area contributed by atoms with Gasteiger partial charge in [0.25, 0.3) is 11.8 Å². The molecule has 3 N–H and O–H groups in total. The third-order valence-corrected chi connectivity index (χ3v) is 3.58. The fourth-order valence-electron chi connectivity index (χ4n) is 2.34. The van der Waals surface area contributed by atoms with Crippen LogP contribution in [0.25, 0.3) is 0 Å². The van der Waals surface area contributed by atoms with Crippen LogP contribution in [0.15, 0.2) is 30.3 Å². The molecule has 1 heterocycles. The van der Waals surface area contributed by atoms with E-state index in [9.17, 15) is 9.59 Å².